The minimum Gasteiger partial charge on any atom is -0.493 e. The zero-order valence-electron chi connectivity index (χ0n) is 17.8. The molecule has 2 N–H and O–H groups in total. The first-order valence-corrected chi connectivity index (χ1v) is 9.90. The van der Waals surface area contributed by atoms with Crippen molar-refractivity contribution in [2.75, 3.05) is 19.5 Å². The number of para-hydroxylation sites is 1. The van der Waals surface area contributed by atoms with E-state index in [4.69, 9.17) is 9.47 Å². The average Bonchev–Trinajstić information content (AvgIpc) is 2.85. The van der Waals surface area contributed by atoms with E-state index in [0.717, 1.165) is 5.01 Å². The maximum atomic E-state index is 13.4. The fraction of sp³-hybridized carbons (Fsp3) is 0.130. The molecule has 1 atom stereocenters. The molecule has 1 aliphatic heterocycles. The van der Waals surface area contributed by atoms with Gasteiger partial charge >= 0.3 is 0 Å². The third-order valence-electron chi connectivity index (χ3n) is 5.21. The first-order chi connectivity index (χ1) is 15.9. The van der Waals surface area contributed by atoms with Crippen LogP contribution in [-0.4, -0.2) is 36.0 Å². The summed E-state index contributed by atoms with van der Waals surface area (Å²) in [5.41, 5.74) is 3.50. The number of nitrogens with one attached hydrogen (secondary N) is 2. The number of benzene rings is 3. The zero-order chi connectivity index (χ0) is 23.5. The van der Waals surface area contributed by atoms with Crippen LogP contribution in [-0.2, 0) is 0 Å². The number of fused-ring (bicyclic) bond motifs is 1. The molecule has 0 fully saturated rings. The quantitative estimate of drug-likeness (QED) is 0.437. The average molecular weight is 448 g/mol. The monoisotopic (exact) mass is 448 g/mol. The number of ether oxygens (including phenoxy) is 2. The van der Waals surface area contributed by atoms with E-state index in [2.05, 4.69) is 10.7 Å². The van der Waals surface area contributed by atoms with E-state index in [1.807, 2.05) is 0 Å². The topological polar surface area (TPSA) is 123 Å². The molecule has 168 valence electrons. The largest absolute Gasteiger partial charge is 0.493 e. The molecular formula is C23H20N4O6. The smallest absolute Gasteiger partial charge is 0.280 e. The molecule has 1 aliphatic rings. The van der Waals surface area contributed by atoms with Crippen LogP contribution >= 0.6 is 0 Å². The number of amides is 2. The molecule has 10 nitrogen and oxygen atoms in total. The second-order valence-corrected chi connectivity index (χ2v) is 7.10. The summed E-state index contributed by atoms with van der Waals surface area (Å²) in [6, 6.07) is 17.7. The maximum Gasteiger partial charge on any atom is 0.280 e. The molecule has 1 heterocycles. The summed E-state index contributed by atoms with van der Waals surface area (Å²) in [4.78, 5) is 37.6. The summed E-state index contributed by atoms with van der Waals surface area (Å²) < 4.78 is 10.5. The predicted octanol–water partition coefficient (Wildman–Crippen LogP) is 3.52. The molecule has 0 saturated carbocycles. The van der Waals surface area contributed by atoms with Crippen molar-refractivity contribution in [3.8, 4) is 11.5 Å². The number of rotatable bonds is 6. The van der Waals surface area contributed by atoms with Crippen molar-refractivity contribution >= 4 is 23.2 Å². The van der Waals surface area contributed by atoms with Crippen LogP contribution in [0.2, 0.25) is 0 Å². The van der Waals surface area contributed by atoms with Crippen molar-refractivity contribution < 1.29 is 24.0 Å². The van der Waals surface area contributed by atoms with Crippen LogP contribution in [0.15, 0.2) is 66.7 Å². The predicted molar refractivity (Wildman–Crippen MR) is 119 cm³/mol. The summed E-state index contributed by atoms with van der Waals surface area (Å²) in [7, 11) is 2.77. The van der Waals surface area contributed by atoms with E-state index in [1.54, 1.807) is 54.6 Å². The van der Waals surface area contributed by atoms with E-state index >= 15 is 0 Å². The Labute approximate surface area is 188 Å². The molecule has 4 rings (SSSR count). The minimum absolute atomic E-state index is 0.105. The molecule has 0 radical (unpaired) electrons. The van der Waals surface area contributed by atoms with Crippen molar-refractivity contribution in [2.24, 2.45) is 0 Å². The highest BCUT2D eigenvalue weighted by atomic mass is 16.6. The Morgan fingerprint density at radius 3 is 2.33 bits per heavy atom. The van der Waals surface area contributed by atoms with Gasteiger partial charge in [-0.15, -0.1) is 0 Å². The molecule has 3 aromatic carbocycles. The maximum absolute atomic E-state index is 13.4. The van der Waals surface area contributed by atoms with Crippen LogP contribution in [0.1, 0.15) is 32.4 Å². The van der Waals surface area contributed by atoms with Crippen LogP contribution in [0.25, 0.3) is 0 Å². The number of carbonyl (C=O) groups excluding carboxylic acids is 2. The number of nitrogens with zero attached hydrogens (tertiary/aromatic N) is 2. The van der Waals surface area contributed by atoms with Gasteiger partial charge in [-0.3, -0.25) is 25.1 Å². The molecule has 0 aliphatic carbocycles. The van der Waals surface area contributed by atoms with Gasteiger partial charge in [0.25, 0.3) is 17.5 Å². The van der Waals surface area contributed by atoms with Crippen LogP contribution in [0, 0.1) is 10.1 Å². The lowest BCUT2D eigenvalue weighted by molar-refractivity contribution is -0.386. The van der Waals surface area contributed by atoms with Crippen LogP contribution in [0.5, 0.6) is 11.5 Å². The van der Waals surface area contributed by atoms with Crippen LogP contribution < -0.4 is 20.2 Å². The molecule has 0 spiro atoms. The number of hydrogen-bond donors (Lipinski definition) is 2. The van der Waals surface area contributed by atoms with Gasteiger partial charge in [-0.2, -0.15) is 0 Å². The summed E-state index contributed by atoms with van der Waals surface area (Å²) in [6.45, 7) is 0. The molecule has 0 bridgehead atoms. The molecule has 2 amide bonds. The lowest BCUT2D eigenvalue weighted by Crippen LogP contribution is -2.53. The lowest BCUT2D eigenvalue weighted by Gasteiger charge is -2.37. The number of hydrazine groups is 1. The third-order valence-corrected chi connectivity index (χ3v) is 5.21. The molecule has 0 aromatic heterocycles. The number of carbonyl (C=O) groups is 2. The van der Waals surface area contributed by atoms with E-state index in [0.29, 0.717) is 16.8 Å². The highest BCUT2D eigenvalue weighted by molar-refractivity contribution is 6.04. The Kier molecular flexibility index (Phi) is 5.81. The Balaban J connectivity index is 1.84. The minimum atomic E-state index is -1.10. The molecule has 3 aromatic rings. The Morgan fingerprint density at radius 2 is 1.67 bits per heavy atom. The molecule has 33 heavy (non-hydrogen) atoms. The Morgan fingerprint density at radius 1 is 1.03 bits per heavy atom. The second-order valence-electron chi connectivity index (χ2n) is 7.10. The molecule has 0 unspecified atom stereocenters. The summed E-state index contributed by atoms with van der Waals surface area (Å²) in [6.07, 6.45) is -1.10. The zero-order valence-corrected chi connectivity index (χ0v) is 17.8. The SMILES string of the molecule is COc1cc([C@H]2Nc3ccccc3C(=O)N2NC(=O)c2ccccc2)c([N+](=O)[O-])cc1OC. The Bertz CT molecular complexity index is 1230. The van der Waals surface area contributed by atoms with Gasteiger partial charge in [0.2, 0.25) is 0 Å². The standard InChI is InChI=1S/C23H20N4O6/c1-32-19-12-16(18(27(30)31)13-20(19)33-2)21-24-17-11-7-6-10-15(17)23(29)26(21)25-22(28)14-8-4-3-5-9-14/h3-13,21,24H,1-2H3,(H,25,28)/t21-/m0/s1. The van der Waals surface area contributed by atoms with Gasteiger partial charge in [-0.25, -0.2) is 5.01 Å². The summed E-state index contributed by atoms with van der Waals surface area (Å²) in [5.74, 6) is -0.670. The third kappa shape index (κ3) is 4.01. The fourth-order valence-corrected chi connectivity index (χ4v) is 3.61. The van der Waals surface area contributed by atoms with E-state index < -0.39 is 22.9 Å². The van der Waals surface area contributed by atoms with Crippen LogP contribution in [0.4, 0.5) is 11.4 Å². The van der Waals surface area contributed by atoms with E-state index in [9.17, 15) is 19.7 Å². The molecular weight excluding hydrogens is 428 g/mol. The summed E-state index contributed by atoms with van der Waals surface area (Å²) >= 11 is 0. The first kappa shape index (κ1) is 21.6. The van der Waals surface area contributed by atoms with Crippen molar-refractivity contribution in [3.63, 3.8) is 0 Å². The second kappa shape index (κ2) is 8.87. The number of nitro groups is 1. The van der Waals surface area contributed by atoms with Crippen molar-refractivity contribution in [3.05, 3.63) is 93.5 Å². The van der Waals surface area contributed by atoms with Gasteiger partial charge in [0.1, 0.15) is 0 Å². The Hall–Kier alpha value is -4.60. The number of nitro benzene ring substituents is 1. The number of anilines is 1. The first-order valence-electron chi connectivity index (χ1n) is 9.90. The molecule has 10 heteroatoms. The van der Waals surface area contributed by atoms with Crippen molar-refractivity contribution in [1.29, 1.82) is 0 Å². The van der Waals surface area contributed by atoms with Gasteiger partial charge in [0, 0.05) is 11.3 Å². The van der Waals surface area contributed by atoms with Gasteiger partial charge in [-0.1, -0.05) is 30.3 Å². The normalized spacial score (nSPS) is 14.7. The molecule has 0 saturated heterocycles. The van der Waals surface area contributed by atoms with Crippen molar-refractivity contribution in [2.45, 2.75) is 6.17 Å². The van der Waals surface area contributed by atoms with Gasteiger partial charge in [0.05, 0.1) is 36.3 Å². The van der Waals surface area contributed by atoms with E-state index in [1.165, 1.54) is 26.4 Å². The van der Waals surface area contributed by atoms with Crippen molar-refractivity contribution in [1.82, 2.24) is 10.4 Å². The van der Waals surface area contributed by atoms with Crippen LogP contribution in [0.3, 0.4) is 0 Å². The van der Waals surface area contributed by atoms with Gasteiger partial charge in [0.15, 0.2) is 17.7 Å². The highest BCUT2D eigenvalue weighted by Gasteiger charge is 2.38. The summed E-state index contributed by atoms with van der Waals surface area (Å²) in [5, 5.41) is 16.1. The fourth-order valence-electron chi connectivity index (χ4n) is 3.61. The lowest BCUT2D eigenvalue weighted by atomic mass is 10.0. The number of methoxy groups -OCH3 is 2. The van der Waals surface area contributed by atoms with Gasteiger partial charge < -0.3 is 14.8 Å². The van der Waals surface area contributed by atoms with Gasteiger partial charge in [-0.05, 0) is 30.3 Å². The van der Waals surface area contributed by atoms with E-state index in [-0.39, 0.29) is 22.7 Å². The highest BCUT2D eigenvalue weighted by Crippen LogP contribution is 2.41. The number of hydrogen-bond acceptors (Lipinski definition) is 7.